The summed E-state index contributed by atoms with van der Waals surface area (Å²) in [5.41, 5.74) is 0.359. The largest absolute Gasteiger partial charge is 0.369 e. The van der Waals surface area contributed by atoms with E-state index in [1.807, 2.05) is 6.92 Å². The third kappa shape index (κ3) is 4.79. The summed E-state index contributed by atoms with van der Waals surface area (Å²) in [6, 6.07) is 3.47. The molecule has 0 fully saturated rings. The van der Waals surface area contributed by atoms with Gasteiger partial charge < -0.3 is 10.6 Å². The monoisotopic (exact) mass is 278 g/mol. The second kappa shape index (κ2) is 7.82. The van der Waals surface area contributed by atoms with Gasteiger partial charge in [0, 0.05) is 13.1 Å². The highest BCUT2D eigenvalue weighted by atomic mass is 16.1. The van der Waals surface area contributed by atoms with Crippen LogP contribution in [0.25, 0.3) is 0 Å². The topological polar surface area (TPSA) is 66.9 Å². The van der Waals surface area contributed by atoms with E-state index in [0.29, 0.717) is 35.8 Å². The van der Waals surface area contributed by atoms with Crippen molar-refractivity contribution in [3.8, 4) is 0 Å². The second-order valence-electron chi connectivity index (χ2n) is 5.70. The summed E-state index contributed by atoms with van der Waals surface area (Å²) in [6.07, 6.45) is 0. The zero-order valence-corrected chi connectivity index (χ0v) is 13.1. The van der Waals surface area contributed by atoms with E-state index in [-0.39, 0.29) is 5.91 Å². The van der Waals surface area contributed by atoms with Gasteiger partial charge in [0.25, 0.3) is 5.91 Å². The molecule has 0 unspecified atom stereocenters. The number of nitrogens with zero attached hydrogens (tertiary/aromatic N) is 2. The minimum atomic E-state index is -0.160. The van der Waals surface area contributed by atoms with Crippen LogP contribution in [0.2, 0.25) is 0 Å². The maximum Gasteiger partial charge on any atom is 0.271 e. The van der Waals surface area contributed by atoms with E-state index >= 15 is 0 Å². The van der Waals surface area contributed by atoms with Crippen molar-refractivity contribution in [1.82, 2.24) is 15.5 Å². The van der Waals surface area contributed by atoms with Crippen LogP contribution in [0.3, 0.4) is 0 Å². The fourth-order valence-electron chi connectivity index (χ4n) is 2.27. The van der Waals surface area contributed by atoms with Crippen molar-refractivity contribution in [2.24, 2.45) is 17.8 Å². The molecular formula is C15H26N4O. The first-order valence-electron chi connectivity index (χ1n) is 7.31. The number of amides is 1. The van der Waals surface area contributed by atoms with Gasteiger partial charge in [-0.1, -0.05) is 27.7 Å². The predicted octanol–water partition coefficient (Wildman–Crippen LogP) is 2.57. The van der Waals surface area contributed by atoms with Gasteiger partial charge in [-0.3, -0.25) is 4.79 Å². The van der Waals surface area contributed by atoms with Crippen LogP contribution in [0.1, 0.15) is 45.1 Å². The fourth-order valence-corrected chi connectivity index (χ4v) is 2.27. The number of aromatic nitrogens is 2. The van der Waals surface area contributed by atoms with E-state index in [0.717, 1.165) is 6.54 Å². The summed E-state index contributed by atoms with van der Waals surface area (Å²) < 4.78 is 0. The van der Waals surface area contributed by atoms with Crippen molar-refractivity contribution in [3.05, 3.63) is 17.8 Å². The molecule has 1 rings (SSSR count). The summed E-state index contributed by atoms with van der Waals surface area (Å²) in [7, 11) is 0. The standard InChI is InChI=1S/C15H26N4O/c1-6-16-14-8-7-13(18-19-14)15(20)17-9-12(10(2)3)11(4)5/h7-8,10-12H,6,9H2,1-5H3,(H,16,19)(H,17,20). The van der Waals surface area contributed by atoms with Crippen LogP contribution < -0.4 is 10.6 Å². The Morgan fingerprint density at radius 1 is 1.15 bits per heavy atom. The van der Waals surface area contributed by atoms with E-state index in [1.54, 1.807) is 12.1 Å². The van der Waals surface area contributed by atoms with Crippen LogP contribution in [-0.2, 0) is 0 Å². The lowest BCUT2D eigenvalue weighted by Gasteiger charge is -2.24. The third-order valence-corrected chi connectivity index (χ3v) is 3.47. The van der Waals surface area contributed by atoms with Crippen molar-refractivity contribution in [2.45, 2.75) is 34.6 Å². The van der Waals surface area contributed by atoms with Crippen molar-refractivity contribution >= 4 is 11.7 Å². The molecule has 0 spiro atoms. The van der Waals surface area contributed by atoms with Crippen molar-refractivity contribution in [2.75, 3.05) is 18.4 Å². The van der Waals surface area contributed by atoms with E-state index < -0.39 is 0 Å². The summed E-state index contributed by atoms with van der Waals surface area (Å²) in [4.78, 5) is 12.0. The summed E-state index contributed by atoms with van der Waals surface area (Å²) in [5.74, 6) is 2.07. The average molecular weight is 278 g/mol. The molecular weight excluding hydrogens is 252 g/mol. The van der Waals surface area contributed by atoms with Crippen LogP contribution in [0.4, 0.5) is 5.82 Å². The molecule has 112 valence electrons. The van der Waals surface area contributed by atoms with Crippen LogP contribution >= 0.6 is 0 Å². The Hall–Kier alpha value is -1.65. The Bertz CT molecular complexity index is 406. The lowest BCUT2D eigenvalue weighted by molar-refractivity contribution is 0.0931. The molecule has 0 aromatic carbocycles. The molecule has 1 aromatic heterocycles. The van der Waals surface area contributed by atoms with Gasteiger partial charge in [-0.2, -0.15) is 0 Å². The minimum absolute atomic E-state index is 0.160. The number of carbonyl (C=O) groups excluding carboxylic acids is 1. The SMILES string of the molecule is CCNc1ccc(C(=O)NCC(C(C)C)C(C)C)nn1. The first-order valence-corrected chi connectivity index (χ1v) is 7.31. The fraction of sp³-hybridized carbons (Fsp3) is 0.667. The lowest BCUT2D eigenvalue weighted by atomic mass is 9.85. The molecule has 0 atom stereocenters. The minimum Gasteiger partial charge on any atom is -0.369 e. The second-order valence-corrected chi connectivity index (χ2v) is 5.70. The zero-order chi connectivity index (χ0) is 15.1. The van der Waals surface area contributed by atoms with Gasteiger partial charge in [-0.05, 0) is 36.8 Å². The average Bonchev–Trinajstić information content (AvgIpc) is 2.39. The Kier molecular flexibility index (Phi) is 6.42. The predicted molar refractivity (Wildman–Crippen MR) is 81.7 cm³/mol. The highest BCUT2D eigenvalue weighted by molar-refractivity contribution is 5.92. The van der Waals surface area contributed by atoms with Crippen LogP contribution in [0.15, 0.2) is 12.1 Å². The van der Waals surface area contributed by atoms with Gasteiger partial charge in [0.15, 0.2) is 5.69 Å². The Balaban J connectivity index is 2.57. The lowest BCUT2D eigenvalue weighted by Crippen LogP contribution is -2.34. The van der Waals surface area contributed by atoms with Gasteiger partial charge in [0.1, 0.15) is 5.82 Å². The molecule has 1 heterocycles. The molecule has 1 aromatic rings. The van der Waals surface area contributed by atoms with Gasteiger partial charge >= 0.3 is 0 Å². The Morgan fingerprint density at radius 3 is 2.25 bits per heavy atom. The molecule has 0 saturated heterocycles. The van der Waals surface area contributed by atoms with Gasteiger partial charge in [0.05, 0.1) is 0 Å². The first kappa shape index (κ1) is 16.4. The number of nitrogens with one attached hydrogen (secondary N) is 2. The Labute approximate surface area is 121 Å². The van der Waals surface area contributed by atoms with E-state index in [4.69, 9.17) is 0 Å². The summed E-state index contributed by atoms with van der Waals surface area (Å²) in [5, 5.41) is 13.9. The number of carbonyl (C=O) groups is 1. The molecule has 5 nitrogen and oxygen atoms in total. The van der Waals surface area contributed by atoms with Crippen molar-refractivity contribution in [3.63, 3.8) is 0 Å². The molecule has 0 bridgehead atoms. The molecule has 5 heteroatoms. The molecule has 20 heavy (non-hydrogen) atoms. The normalized spacial score (nSPS) is 11.2. The number of anilines is 1. The highest BCUT2D eigenvalue weighted by Crippen LogP contribution is 2.19. The number of hydrogen-bond acceptors (Lipinski definition) is 4. The smallest absolute Gasteiger partial charge is 0.271 e. The molecule has 0 aliphatic carbocycles. The summed E-state index contributed by atoms with van der Waals surface area (Å²) >= 11 is 0. The zero-order valence-electron chi connectivity index (χ0n) is 13.1. The van der Waals surface area contributed by atoms with Gasteiger partial charge in [-0.15, -0.1) is 10.2 Å². The van der Waals surface area contributed by atoms with E-state index in [9.17, 15) is 4.79 Å². The van der Waals surface area contributed by atoms with Crippen molar-refractivity contribution in [1.29, 1.82) is 0 Å². The maximum atomic E-state index is 12.0. The molecule has 2 N–H and O–H groups in total. The number of rotatable bonds is 7. The molecule has 1 amide bonds. The first-order chi connectivity index (χ1) is 9.45. The maximum absolute atomic E-state index is 12.0. The van der Waals surface area contributed by atoms with Crippen LogP contribution in [0.5, 0.6) is 0 Å². The van der Waals surface area contributed by atoms with Gasteiger partial charge in [-0.25, -0.2) is 0 Å². The Morgan fingerprint density at radius 2 is 1.80 bits per heavy atom. The van der Waals surface area contributed by atoms with Crippen molar-refractivity contribution < 1.29 is 4.79 Å². The van der Waals surface area contributed by atoms with E-state index in [1.165, 1.54) is 0 Å². The molecule has 0 saturated carbocycles. The molecule has 0 aliphatic heterocycles. The highest BCUT2D eigenvalue weighted by Gasteiger charge is 2.19. The van der Waals surface area contributed by atoms with E-state index in [2.05, 4.69) is 48.5 Å². The third-order valence-electron chi connectivity index (χ3n) is 3.47. The molecule has 0 radical (unpaired) electrons. The number of hydrogen-bond donors (Lipinski definition) is 2. The molecule has 0 aliphatic rings. The van der Waals surface area contributed by atoms with Crippen LogP contribution in [0, 0.1) is 17.8 Å². The van der Waals surface area contributed by atoms with Gasteiger partial charge in [0.2, 0.25) is 0 Å². The quantitative estimate of drug-likeness (QED) is 0.804. The summed E-state index contributed by atoms with van der Waals surface area (Å²) in [6.45, 7) is 12.2. The van der Waals surface area contributed by atoms with Crippen LogP contribution in [-0.4, -0.2) is 29.2 Å².